The van der Waals surface area contributed by atoms with Crippen molar-refractivity contribution in [1.29, 1.82) is 0 Å². The van der Waals surface area contributed by atoms with E-state index in [1.807, 2.05) is 0 Å². The van der Waals surface area contributed by atoms with Gasteiger partial charge in [-0.05, 0) is 38.1 Å². The van der Waals surface area contributed by atoms with Crippen molar-refractivity contribution >= 4 is 35.5 Å². The SMILES string of the molecule is CCC(C)C(NC(=O)C(CCC(N)=O)NC(=O)C(N)CC(N)=O)C(=O)NC(CCCCN)C(=O)O. The molecule has 5 unspecified atom stereocenters. The van der Waals surface area contributed by atoms with Gasteiger partial charge in [-0.2, -0.15) is 0 Å². The van der Waals surface area contributed by atoms with Crippen LogP contribution in [0.5, 0.6) is 0 Å². The van der Waals surface area contributed by atoms with Crippen molar-refractivity contribution in [2.45, 2.75) is 83.0 Å². The fourth-order valence-electron chi connectivity index (χ4n) is 3.11. The number of nitrogens with one attached hydrogen (secondary N) is 3. The Morgan fingerprint density at radius 1 is 0.829 bits per heavy atom. The van der Waals surface area contributed by atoms with Gasteiger partial charge in [-0.1, -0.05) is 20.3 Å². The van der Waals surface area contributed by atoms with Gasteiger partial charge in [0, 0.05) is 6.42 Å². The summed E-state index contributed by atoms with van der Waals surface area (Å²) in [6, 6.07) is -4.92. The van der Waals surface area contributed by atoms with Crippen molar-refractivity contribution in [1.82, 2.24) is 16.0 Å². The number of aliphatic carboxylic acids is 1. The summed E-state index contributed by atoms with van der Waals surface area (Å²) in [6.45, 7) is 3.85. The molecule has 12 N–H and O–H groups in total. The largest absolute Gasteiger partial charge is 0.480 e. The predicted molar refractivity (Wildman–Crippen MR) is 126 cm³/mol. The van der Waals surface area contributed by atoms with Crippen LogP contribution < -0.4 is 38.9 Å². The number of primary amides is 2. The summed E-state index contributed by atoms with van der Waals surface area (Å²) in [5.41, 5.74) is 21.2. The van der Waals surface area contributed by atoms with Crippen molar-refractivity contribution in [2.24, 2.45) is 28.9 Å². The second-order valence-electron chi connectivity index (χ2n) is 8.40. The van der Waals surface area contributed by atoms with Crippen molar-refractivity contribution in [3.63, 3.8) is 0 Å². The zero-order chi connectivity index (χ0) is 27.1. The molecule has 0 aromatic carbocycles. The van der Waals surface area contributed by atoms with Crippen molar-refractivity contribution < 1.29 is 33.9 Å². The summed E-state index contributed by atoms with van der Waals surface area (Å²) < 4.78 is 0. The van der Waals surface area contributed by atoms with Crippen LogP contribution in [0.15, 0.2) is 0 Å². The molecule has 0 spiro atoms. The molecule has 0 saturated carbocycles. The lowest BCUT2D eigenvalue weighted by Crippen LogP contribution is -2.58. The van der Waals surface area contributed by atoms with Gasteiger partial charge in [-0.15, -0.1) is 0 Å². The molecule has 0 rings (SSSR count). The van der Waals surface area contributed by atoms with Gasteiger partial charge < -0.3 is 44.0 Å². The molecule has 0 saturated heterocycles. The van der Waals surface area contributed by atoms with Crippen LogP contribution in [0.4, 0.5) is 0 Å². The van der Waals surface area contributed by atoms with Crippen molar-refractivity contribution in [3.8, 4) is 0 Å². The number of hydrogen-bond acceptors (Lipinski definition) is 8. The van der Waals surface area contributed by atoms with Crippen LogP contribution in [0.3, 0.4) is 0 Å². The van der Waals surface area contributed by atoms with Crippen LogP contribution in [0.25, 0.3) is 0 Å². The summed E-state index contributed by atoms with van der Waals surface area (Å²) >= 11 is 0. The van der Waals surface area contributed by atoms with Crippen LogP contribution in [0, 0.1) is 5.92 Å². The van der Waals surface area contributed by atoms with Gasteiger partial charge >= 0.3 is 5.97 Å². The monoisotopic (exact) mass is 501 g/mol. The number of unbranched alkanes of at least 4 members (excludes halogenated alkanes) is 1. The van der Waals surface area contributed by atoms with Gasteiger partial charge in [0.05, 0.1) is 12.5 Å². The average Bonchev–Trinajstić information content (AvgIpc) is 2.77. The Morgan fingerprint density at radius 2 is 1.43 bits per heavy atom. The van der Waals surface area contributed by atoms with E-state index in [1.54, 1.807) is 13.8 Å². The lowest BCUT2D eigenvalue weighted by Gasteiger charge is -2.28. The molecule has 0 bridgehead atoms. The number of carboxylic acid groups (broad SMARTS) is 1. The first-order chi connectivity index (χ1) is 16.3. The van der Waals surface area contributed by atoms with Gasteiger partial charge in [0.25, 0.3) is 0 Å². The summed E-state index contributed by atoms with van der Waals surface area (Å²) in [6.07, 6.45) is 0.785. The molecule has 0 aromatic rings. The Morgan fingerprint density at radius 3 is 1.91 bits per heavy atom. The van der Waals surface area contributed by atoms with Gasteiger partial charge in [0.15, 0.2) is 0 Å². The summed E-state index contributed by atoms with van der Waals surface area (Å²) in [4.78, 5) is 72.0. The van der Waals surface area contributed by atoms with Crippen LogP contribution in [0.2, 0.25) is 0 Å². The lowest BCUT2D eigenvalue weighted by atomic mass is 9.96. The van der Waals surface area contributed by atoms with E-state index < -0.39 is 72.0 Å². The predicted octanol–water partition coefficient (Wildman–Crippen LogP) is -2.83. The van der Waals surface area contributed by atoms with Gasteiger partial charge in [0.2, 0.25) is 29.5 Å². The molecule has 0 aliphatic carbocycles. The number of hydrogen-bond donors (Lipinski definition) is 8. The van der Waals surface area contributed by atoms with E-state index in [-0.39, 0.29) is 19.3 Å². The maximum absolute atomic E-state index is 13.0. The molecule has 14 heteroatoms. The first-order valence-electron chi connectivity index (χ1n) is 11.5. The first kappa shape index (κ1) is 31.7. The molecule has 0 heterocycles. The van der Waals surface area contributed by atoms with Crippen LogP contribution >= 0.6 is 0 Å². The summed E-state index contributed by atoms with van der Waals surface area (Å²) in [5, 5.41) is 16.7. The highest BCUT2D eigenvalue weighted by Crippen LogP contribution is 2.11. The molecule has 200 valence electrons. The number of carboxylic acids is 1. The van der Waals surface area contributed by atoms with Gasteiger partial charge in [0.1, 0.15) is 18.1 Å². The van der Waals surface area contributed by atoms with E-state index in [1.165, 1.54) is 0 Å². The minimum absolute atomic E-state index is 0.161. The third-order valence-electron chi connectivity index (χ3n) is 5.42. The molecule has 0 radical (unpaired) electrons. The Balaban J connectivity index is 5.58. The molecular weight excluding hydrogens is 462 g/mol. The highest BCUT2D eigenvalue weighted by atomic mass is 16.4. The molecule has 14 nitrogen and oxygen atoms in total. The van der Waals surface area contributed by atoms with Crippen molar-refractivity contribution in [2.75, 3.05) is 6.54 Å². The van der Waals surface area contributed by atoms with E-state index >= 15 is 0 Å². The summed E-state index contributed by atoms with van der Waals surface area (Å²) in [7, 11) is 0. The number of rotatable bonds is 18. The van der Waals surface area contributed by atoms with Crippen LogP contribution in [0.1, 0.15) is 58.8 Å². The highest BCUT2D eigenvalue weighted by molar-refractivity contribution is 5.95. The Kier molecular flexibility index (Phi) is 14.9. The van der Waals surface area contributed by atoms with E-state index in [0.29, 0.717) is 25.8 Å². The molecule has 0 aromatic heterocycles. The third-order valence-corrected chi connectivity index (χ3v) is 5.42. The Hall–Kier alpha value is -3.26. The topological polar surface area (TPSA) is 263 Å². The van der Waals surface area contributed by atoms with E-state index in [4.69, 9.17) is 22.9 Å². The summed E-state index contributed by atoms with van der Waals surface area (Å²) in [5.74, 6) is -5.54. The Bertz CT molecular complexity index is 762. The second-order valence-corrected chi connectivity index (χ2v) is 8.40. The van der Waals surface area contributed by atoms with Crippen molar-refractivity contribution in [3.05, 3.63) is 0 Å². The molecule has 5 amide bonds. The molecule has 5 atom stereocenters. The van der Waals surface area contributed by atoms with Gasteiger partial charge in [-0.3, -0.25) is 24.0 Å². The molecule has 0 aliphatic heterocycles. The molecule has 0 fully saturated rings. The minimum atomic E-state index is -1.32. The maximum Gasteiger partial charge on any atom is 0.326 e. The minimum Gasteiger partial charge on any atom is -0.480 e. The quantitative estimate of drug-likeness (QED) is 0.0898. The van der Waals surface area contributed by atoms with E-state index in [0.717, 1.165) is 0 Å². The number of amides is 5. The van der Waals surface area contributed by atoms with E-state index in [9.17, 15) is 33.9 Å². The first-order valence-corrected chi connectivity index (χ1v) is 11.5. The molecule has 0 aliphatic rings. The van der Waals surface area contributed by atoms with Gasteiger partial charge in [-0.25, -0.2) is 4.79 Å². The fourth-order valence-corrected chi connectivity index (χ4v) is 3.11. The maximum atomic E-state index is 13.0. The average molecular weight is 502 g/mol. The molecule has 35 heavy (non-hydrogen) atoms. The highest BCUT2D eigenvalue weighted by Gasteiger charge is 2.32. The smallest absolute Gasteiger partial charge is 0.326 e. The zero-order valence-corrected chi connectivity index (χ0v) is 20.2. The lowest BCUT2D eigenvalue weighted by molar-refractivity contribution is -0.143. The fraction of sp³-hybridized carbons (Fsp3) is 0.714. The number of carbonyl (C=O) groups excluding carboxylic acids is 5. The number of carbonyl (C=O) groups is 6. The van der Waals surface area contributed by atoms with Crippen LogP contribution in [-0.4, -0.2) is 71.3 Å². The molecular formula is C21H39N7O7. The second kappa shape index (κ2) is 16.4. The normalized spacial score (nSPS) is 15.1. The number of nitrogens with two attached hydrogens (primary N) is 4. The third kappa shape index (κ3) is 12.7. The Labute approximate surface area is 204 Å². The van der Waals surface area contributed by atoms with E-state index in [2.05, 4.69) is 16.0 Å². The zero-order valence-electron chi connectivity index (χ0n) is 20.2. The standard InChI is InChI=1S/C21H39N7O7/c1-3-11(2)17(20(33)27-14(21(34)35)6-4-5-9-22)28-19(32)13(7-8-15(24)29)26-18(31)12(23)10-16(25)30/h11-14,17H,3-10,22-23H2,1-2H3,(H2,24,29)(H2,25,30)(H,26,31)(H,27,33)(H,28,32)(H,34,35). The van der Waals surface area contributed by atoms with Crippen LogP contribution in [-0.2, 0) is 28.8 Å².